The molecule has 0 spiro atoms. The molecule has 0 amide bonds. The van der Waals surface area contributed by atoms with E-state index < -0.39 is 0 Å². The van der Waals surface area contributed by atoms with Crippen molar-refractivity contribution >= 4 is 320 Å². The van der Waals surface area contributed by atoms with Crippen LogP contribution in [0.5, 0.6) is 0 Å². The Bertz CT molecular complexity index is 3480. The molecule has 0 aliphatic carbocycles. The molecule has 2 nitrogen and oxygen atoms in total. The lowest BCUT2D eigenvalue weighted by Crippen LogP contribution is -2.30. The summed E-state index contributed by atoms with van der Waals surface area (Å²) in [7, 11) is 16.9. The number of para-hydroxylation sites is 4. The van der Waals surface area contributed by atoms with Gasteiger partial charge in [-0.3, -0.25) is 0 Å². The third-order valence-corrected chi connectivity index (χ3v) is 38.7. The van der Waals surface area contributed by atoms with Gasteiger partial charge in [0.1, 0.15) is 5.00 Å². The van der Waals surface area contributed by atoms with Crippen molar-refractivity contribution in [3.05, 3.63) is 154 Å². The Morgan fingerprint density at radius 3 is 1.28 bits per heavy atom. The molecule has 8 aromatic rings. The molecule has 0 bridgehead atoms. The van der Waals surface area contributed by atoms with E-state index in [0.29, 0.717) is 0 Å². The summed E-state index contributed by atoms with van der Waals surface area (Å²) in [5.41, 5.74) is 10.6. The Morgan fingerprint density at radius 1 is 0.478 bits per heavy atom. The van der Waals surface area contributed by atoms with Crippen molar-refractivity contribution in [2.75, 3.05) is 10.2 Å². The second kappa shape index (κ2) is 31.6. The average Bonchev–Trinajstić information content (AvgIpc) is 4.15. The topological polar surface area (TPSA) is 15.3 Å². The molecule has 0 atom stereocenters. The number of nitrogens with zero attached hydrogens (tertiary/aromatic N) is 1. The molecule has 27 heteroatoms. The van der Waals surface area contributed by atoms with Crippen LogP contribution in [-0.2, 0) is 185 Å². The number of hydrogen-bond acceptors (Lipinski definition) is 12. The van der Waals surface area contributed by atoms with E-state index >= 15 is 0 Å². The maximum absolute atomic E-state index is 4.57. The molecule has 0 unspecified atom stereocenters. The highest BCUT2D eigenvalue weighted by Gasteiger charge is 2.38. The summed E-state index contributed by atoms with van der Waals surface area (Å²) < 4.78 is 9.26. The largest absolute Gasteiger partial charge is 0.355 e. The summed E-state index contributed by atoms with van der Waals surface area (Å²) in [5.74, 6) is 0. The molecule has 0 radical (unpaired) electrons. The van der Waals surface area contributed by atoms with Gasteiger partial charge in [0.2, 0.25) is 0 Å². The van der Waals surface area contributed by atoms with Crippen molar-refractivity contribution in [1.29, 1.82) is 0 Å². The lowest BCUT2D eigenvalue weighted by atomic mass is 9.74. The molecule has 4 aromatic carbocycles. The zero-order chi connectivity index (χ0) is 50.0. The number of fused-ring (bicyclic) bond motifs is 6. The van der Waals surface area contributed by atoms with Gasteiger partial charge in [0, 0.05) is 205 Å². The standard InChI is InChI=1S/C21H16BrNS2.C15H15N.C6H2BrIS2.S7.S6.S5/c1-21(2)13-7-3-5-9-15(13)23(16-10-6-4-8-14(16)21)20-18(22)19-17(25-20)11-12-24-19;1-15(2)11-7-3-5-9-13(11)16-14-10-6-4-8-12(14)15;7-4-5-3(1-2-9-5)10-6(4)8;1-3-5-7-6-4-2;1-3-5-6-4-2;1-3-5-4-2/h3-12H,1-2H3;3-10,16H,1-2H3;1-2H;;;. The highest BCUT2D eigenvalue weighted by atomic mass is 127. The fourth-order valence-electron chi connectivity index (χ4n) is 7.22. The van der Waals surface area contributed by atoms with Crippen LogP contribution in [0.2, 0.25) is 0 Å². The van der Waals surface area contributed by atoms with Crippen LogP contribution in [0.3, 0.4) is 0 Å². The van der Waals surface area contributed by atoms with Gasteiger partial charge in [0.05, 0.1) is 32.6 Å². The first-order chi connectivity index (χ1) is 33.3. The van der Waals surface area contributed by atoms with Crippen LogP contribution in [0.1, 0.15) is 49.9 Å². The molecule has 1 N–H and O–H groups in total. The predicted octanol–water partition coefficient (Wildman–Crippen LogP) is 16.2. The van der Waals surface area contributed by atoms with E-state index in [1.165, 1.54) is 161 Å². The highest BCUT2D eigenvalue weighted by Crippen LogP contribution is 2.56. The van der Waals surface area contributed by atoms with E-state index in [1.807, 2.05) is 22.7 Å². The molecule has 6 heterocycles. The van der Waals surface area contributed by atoms with Crippen LogP contribution in [0, 0.1) is 2.88 Å². The van der Waals surface area contributed by atoms with Crippen LogP contribution in [0.15, 0.2) is 129 Å². The fraction of sp³-hybridized carbons (Fsp3) is 0.143. The van der Waals surface area contributed by atoms with E-state index in [1.54, 1.807) is 49.3 Å². The number of nitrogens with one attached hydrogen (secondary N) is 1. The van der Waals surface area contributed by atoms with Gasteiger partial charge in [0.25, 0.3) is 0 Å². The Balaban J connectivity index is 0.000000173. The van der Waals surface area contributed by atoms with Crippen molar-refractivity contribution in [2.45, 2.75) is 38.5 Å². The number of halogens is 3. The van der Waals surface area contributed by atoms with E-state index in [0.717, 1.165) is 0 Å². The highest BCUT2D eigenvalue weighted by molar-refractivity contribution is 14.1. The first-order valence-electron chi connectivity index (χ1n) is 19.0. The molecular weight excluding hydrogens is 1520 g/mol. The van der Waals surface area contributed by atoms with Gasteiger partial charge in [-0.05, 0) is 124 Å². The van der Waals surface area contributed by atoms with Crippen LogP contribution in [-0.4, -0.2) is 0 Å². The molecule has 2 aliphatic heterocycles. The smallest absolute Gasteiger partial charge is 0.117 e. The van der Waals surface area contributed by atoms with Crippen molar-refractivity contribution < 1.29 is 0 Å². The molecule has 0 saturated carbocycles. The first-order valence-corrected chi connectivity index (χ1v) is 45.0. The molecule has 364 valence electrons. The summed E-state index contributed by atoms with van der Waals surface area (Å²) in [6.45, 7) is 9.21. The Morgan fingerprint density at radius 2 is 0.855 bits per heavy atom. The summed E-state index contributed by atoms with van der Waals surface area (Å²) in [6, 6.07) is 39.0. The molecule has 2 aliphatic rings. The fourth-order valence-corrected chi connectivity index (χ4v) is 30.8. The van der Waals surface area contributed by atoms with Gasteiger partial charge < -0.3 is 10.2 Å². The second-order valence-electron chi connectivity index (χ2n) is 14.3. The number of rotatable bonds is 1. The van der Waals surface area contributed by atoms with Crippen molar-refractivity contribution in [3.63, 3.8) is 0 Å². The Labute approximate surface area is 513 Å². The number of hydrogen-bond donors (Lipinski definition) is 1. The van der Waals surface area contributed by atoms with Gasteiger partial charge in [-0.15, -0.1) is 45.3 Å². The molecule has 10 rings (SSSR count). The van der Waals surface area contributed by atoms with Crippen molar-refractivity contribution in [2.24, 2.45) is 0 Å². The van der Waals surface area contributed by atoms with Gasteiger partial charge in [0.15, 0.2) is 0 Å². The minimum absolute atomic E-state index is 0.00912. The summed E-state index contributed by atoms with van der Waals surface area (Å²) in [6.07, 6.45) is 0. The molecule has 4 aromatic heterocycles. The van der Waals surface area contributed by atoms with Gasteiger partial charge in [-0.2, -0.15) is 0 Å². The summed E-state index contributed by atoms with van der Waals surface area (Å²) in [5, 5.41) is 9.05. The molecule has 0 fully saturated rings. The van der Waals surface area contributed by atoms with E-state index in [9.17, 15) is 0 Å². The predicted molar refractivity (Wildman–Crippen MR) is 375 cm³/mol. The lowest BCUT2D eigenvalue weighted by molar-refractivity contribution is 0.632. The lowest BCUT2D eigenvalue weighted by Gasteiger charge is -2.41. The van der Waals surface area contributed by atoms with E-state index in [-0.39, 0.29) is 10.8 Å². The SMILES string of the molecule is Brc1c(I)sc2ccsc12.CC1(C)c2ccccc2N(c2sc3ccsc3c2Br)c2ccccc21.CC1(C)c2ccccc2Nc2ccccc21.S=S=S=S=S.S=S=S=S=S=S.S=S=S=S=S=S=S. The minimum Gasteiger partial charge on any atom is -0.355 e. The quantitative estimate of drug-likeness (QED) is 0.162. The van der Waals surface area contributed by atoms with Gasteiger partial charge in [-0.25, -0.2) is 0 Å². The van der Waals surface area contributed by atoms with Crippen LogP contribution >= 0.6 is 99.8 Å². The number of benzene rings is 4. The first kappa shape index (κ1) is 61.3. The Kier molecular flexibility index (Phi) is 28.1. The maximum atomic E-state index is 4.57. The zero-order valence-electron chi connectivity index (χ0n) is 35.6. The molecule has 0 saturated heterocycles. The zero-order valence-corrected chi connectivity index (χ0v) is 58.9. The summed E-state index contributed by atoms with van der Waals surface area (Å²) >= 11 is 44.1. The van der Waals surface area contributed by atoms with Crippen LogP contribution in [0.25, 0.3) is 18.8 Å². The average molecular weight is 1560 g/mol. The molecule has 69 heavy (non-hydrogen) atoms. The number of anilines is 5. The normalized spacial score (nSPS) is 12.4. The van der Waals surface area contributed by atoms with Crippen LogP contribution in [0.4, 0.5) is 27.8 Å². The Hall–Kier alpha value is 1.45. The molecular formula is C42H33Br2IN2S22. The van der Waals surface area contributed by atoms with Crippen molar-refractivity contribution in [1.82, 2.24) is 0 Å². The van der Waals surface area contributed by atoms with Gasteiger partial charge in [-0.1, -0.05) is 100 Å². The van der Waals surface area contributed by atoms with E-state index in [4.69, 9.17) is 0 Å². The van der Waals surface area contributed by atoms with E-state index in [2.05, 4.69) is 279 Å². The third kappa shape index (κ3) is 16.5. The maximum Gasteiger partial charge on any atom is 0.117 e. The minimum atomic E-state index is -0.00912. The number of thiophene rings is 4. The third-order valence-electron chi connectivity index (χ3n) is 9.98. The van der Waals surface area contributed by atoms with Crippen LogP contribution < -0.4 is 10.2 Å². The second-order valence-corrected chi connectivity index (χ2v) is 42.8. The van der Waals surface area contributed by atoms with Crippen molar-refractivity contribution in [3.8, 4) is 0 Å². The van der Waals surface area contributed by atoms with Gasteiger partial charge >= 0.3 is 0 Å². The summed E-state index contributed by atoms with van der Waals surface area (Å²) in [4.78, 5) is 2.43. The monoisotopic (exact) mass is 1550 g/mol.